The molecule has 0 saturated heterocycles. The Balaban J connectivity index is 2.30. The highest BCUT2D eigenvalue weighted by Gasteiger charge is 2.79. The van der Waals surface area contributed by atoms with Gasteiger partial charge in [0.15, 0.2) is 5.75 Å². The minimum Gasteiger partial charge on any atom is -0.391 e. The molecule has 0 N–H and O–H groups in total. The van der Waals surface area contributed by atoms with E-state index in [0.29, 0.717) is 5.39 Å². The highest BCUT2D eigenvalue weighted by atomic mass is 32.3. The molecule has 0 bridgehead atoms. The zero-order valence-electron chi connectivity index (χ0n) is 14.1. The molecule has 0 aromatic heterocycles. The lowest BCUT2D eigenvalue weighted by Gasteiger charge is -2.36. The van der Waals surface area contributed by atoms with E-state index in [4.69, 9.17) is 4.18 Å². The monoisotopic (exact) mass is 454 g/mol. The van der Waals surface area contributed by atoms with Crippen LogP contribution >= 0.6 is 10.6 Å². The smallest absolute Gasteiger partial charge is 0.391 e. The van der Waals surface area contributed by atoms with E-state index in [1.165, 1.54) is 12.1 Å². The van der Waals surface area contributed by atoms with Gasteiger partial charge in [0.1, 0.15) is 0 Å². The van der Waals surface area contributed by atoms with Gasteiger partial charge in [-0.1, -0.05) is 30.3 Å². The summed E-state index contributed by atoms with van der Waals surface area (Å²) in [5.74, 6) is -6.92. The quantitative estimate of drug-likeness (QED) is 0.560. The molecule has 0 saturated carbocycles. The molecule has 0 amide bonds. The second-order valence-electron chi connectivity index (χ2n) is 5.85. The van der Waals surface area contributed by atoms with Crippen molar-refractivity contribution in [3.05, 3.63) is 42.5 Å². The lowest BCUT2D eigenvalue weighted by molar-refractivity contribution is -0.333. The minimum absolute atomic E-state index is 0.0557. The average Bonchev–Trinajstić information content (AvgIpc) is 2.51. The van der Waals surface area contributed by atoms with Gasteiger partial charge in [0.25, 0.3) is 0 Å². The fraction of sp³-hybridized carbons (Fsp3) is 0.333. The van der Waals surface area contributed by atoms with Crippen molar-refractivity contribution in [3.8, 4) is 5.75 Å². The normalized spacial score (nSPS) is 14.9. The number of hydrogen-bond donors (Lipinski definition) is 0. The van der Waals surface area contributed by atoms with E-state index in [9.17, 15) is 39.2 Å². The van der Waals surface area contributed by atoms with Crippen LogP contribution in [0.1, 0.15) is 0 Å². The number of fused-ring (bicyclic) bond motifs is 1. The molecule has 0 atom stereocenters. The van der Waals surface area contributed by atoms with Crippen LogP contribution in [0.2, 0.25) is 0 Å². The molecule has 0 unspecified atom stereocenters. The van der Waals surface area contributed by atoms with E-state index in [2.05, 4.69) is 3.63 Å². The summed E-state index contributed by atoms with van der Waals surface area (Å²) < 4.78 is 122. The van der Waals surface area contributed by atoms with E-state index < -0.39 is 38.1 Å². The van der Waals surface area contributed by atoms with E-state index >= 15 is 0 Å². The van der Waals surface area contributed by atoms with Gasteiger partial charge in [-0.2, -0.15) is 39.2 Å². The van der Waals surface area contributed by atoms with Crippen LogP contribution in [0, 0.1) is 0 Å². The van der Waals surface area contributed by atoms with E-state index in [0.717, 1.165) is 17.9 Å². The van der Waals surface area contributed by atoms with Crippen LogP contribution in [0.5, 0.6) is 5.75 Å². The number of halogens is 7. The first-order valence-corrected chi connectivity index (χ1v) is 10.9. The van der Waals surface area contributed by atoms with Crippen molar-refractivity contribution in [1.82, 2.24) is 0 Å². The molecular formula is C15H13F7O4S2. The first-order valence-electron chi connectivity index (χ1n) is 7.20. The average molecular weight is 454 g/mol. The molecule has 0 spiro atoms. The third-order valence-electron chi connectivity index (χ3n) is 3.31. The highest BCUT2D eigenvalue weighted by molar-refractivity contribution is 8.28. The summed E-state index contributed by atoms with van der Waals surface area (Å²) in [6.07, 6.45) is -5.12. The second kappa shape index (κ2) is 6.95. The van der Waals surface area contributed by atoms with Crippen LogP contribution < -0.4 is 4.18 Å². The van der Waals surface area contributed by atoms with E-state index in [-0.39, 0.29) is 5.75 Å². The summed E-state index contributed by atoms with van der Waals surface area (Å²) in [6.45, 7) is 0. The standard InChI is InChI=1S/C15H13F7O4S2/c1-27(2,25-12-8-7-10-5-3-4-6-11(10)9-12)26-28(23,24)15(21,22)13(16,17)14(18,19)20/h3-9H,1-2H3. The Morgan fingerprint density at radius 1 is 0.821 bits per heavy atom. The Bertz CT molecular complexity index is 972. The van der Waals surface area contributed by atoms with Gasteiger partial charge < -0.3 is 4.18 Å². The molecule has 28 heavy (non-hydrogen) atoms. The van der Waals surface area contributed by atoms with Gasteiger partial charge in [-0.25, -0.2) is 0 Å². The lowest BCUT2D eigenvalue weighted by Crippen LogP contribution is -2.56. The molecule has 13 heteroatoms. The van der Waals surface area contributed by atoms with E-state index in [1.54, 1.807) is 30.3 Å². The van der Waals surface area contributed by atoms with Crippen LogP contribution in [-0.4, -0.2) is 38.3 Å². The Labute approximate surface area is 157 Å². The lowest BCUT2D eigenvalue weighted by atomic mass is 10.1. The van der Waals surface area contributed by atoms with Crippen LogP contribution in [0.25, 0.3) is 10.8 Å². The predicted octanol–water partition coefficient (Wildman–Crippen LogP) is 5.25. The molecule has 0 aliphatic heterocycles. The minimum atomic E-state index is -6.86. The number of benzene rings is 2. The van der Waals surface area contributed by atoms with Crippen molar-refractivity contribution in [2.45, 2.75) is 17.4 Å². The Kier molecular flexibility index (Phi) is 5.60. The predicted molar refractivity (Wildman–Crippen MR) is 90.0 cm³/mol. The molecule has 0 aliphatic rings. The molecule has 158 valence electrons. The van der Waals surface area contributed by atoms with Crippen LogP contribution in [0.15, 0.2) is 42.5 Å². The summed E-state index contributed by atoms with van der Waals surface area (Å²) in [7, 11) is -10.2. The summed E-state index contributed by atoms with van der Waals surface area (Å²) in [6, 6.07) is 11.1. The maximum Gasteiger partial charge on any atom is 0.461 e. The van der Waals surface area contributed by atoms with Crippen molar-refractivity contribution < 1.29 is 47.0 Å². The first kappa shape index (κ1) is 22.6. The third kappa shape index (κ3) is 4.15. The van der Waals surface area contributed by atoms with E-state index in [1.807, 2.05) is 0 Å². The maximum atomic E-state index is 13.5. The van der Waals surface area contributed by atoms with Crippen molar-refractivity contribution in [1.29, 1.82) is 0 Å². The summed E-state index contributed by atoms with van der Waals surface area (Å²) >= 11 is 0. The Morgan fingerprint density at radius 2 is 1.36 bits per heavy atom. The number of alkyl halides is 7. The van der Waals surface area contributed by atoms with Crippen molar-refractivity contribution in [3.63, 3.8) is 0 Å². The van der Waals surface area contributed by atoms with Gasteiger partial charge in [-0.3, -0.25) is 0 Å². The zero-order chi connectivity index (χ0) is 21.6. The molecule has 0 aliphatic carbocycles. The first-order chi connectivity index (χ1) is 12.5. The number of rotatable bonds is 6. The van der Waals surface area contributed by atoms with Crippen molar-refractivity contribution in [2.75, 3.05) is 12.5 Å². The fourth-order valence-corrected chi connectivity index (χ4v) is 5.22. The summed E-state index contributed by atoms with van der Waals surface area (Å²) in [5.41, 5.74) is 0. The fourth-order valence-electron chi connectivity index (χ4n) is 2.05. The van der Waals surface area contributed by atoms with Crippen LogP contribution in [0.3, 0.4) is 0 Å². The molecule has 2 aromatic rings. The Hall–Kier alpha value is -1.73. The topological polar surface area (TPSA) is 52.6 Å². The van der Waals surface area contributed by atoms with Crippen molar-refractivity contribution in [2.24, 2.45) is 0 Å². The molecule has 0 heterocycles. The van der Waals surface area contributed by atoms with Gasteiger partial charge in [0.05, 0.1) is 0 Å². The van der Waals surface area contributed by atoms with Gasteiger partial charge in [-0.05, 0) is 22.9 Å². The molecule has 0 fully saturated rings. The largest absolute Gasteiger partial charge is 0.461 e. The van der Waals surface area contributed by atoms with Gasteiger partial charge in [0.2, 0.25) is 0 Å². The summed E-state index contributed by atoms with van der Waals surface area (Å²) in [4.78, 5) is 0. The second-order valence-corrected chi connectivity index (χ2v) is 10.3. The van der Waals surface area contributed by atoms with Gasteiger partial charge in [0, 0.05) is 12.5 Å². The summed E-state index contributed by atoms with van der Waals surface area (Å²) in [5, 5.41) is -5.19. The molecule has 2 aromatic carbocycles. The molecule has 0 radical (unpaired) electrons. The van der Waals surface area contributed by atoms with Gasteiger partial charge in [-0.15, -0.1) is 14.2 Å². The van der Waals surface area contributed by atoms with Crippen LogP contribution in [0.4, 0.5) is 30.7 Å². The number of hydrogen-bond acceptors (Lipinski definition) is 4. The van der Waals surface area contributed by atoms with Crippen molar-refractivity contribution >= 4 is 31.5 Å². The molecule has 4 nitrogen and oxygen atoms in total. The SMILES string of the molecule is CS(C)(Oc1ccc2ccccc2c1)OS(=O)(=O)C(F)(F)C(F)(F)C(F)(F)F. The van der Waals surface area contributed by atoms with Crippen LogP contribution in [-0.2, 0) is 13.7 Å². The molecule has 2 rings (SSSR count). The third-order valence-corrected chi connectivity index (χ3v) is 6.81. The maximum absolute atomic E-state index is 13.5. The molecular weight excluding hydrogens is 441 g/mol. The Morgan fingerprint density at radius 3 is 1.89 bits per heavy atom. The highest BCUT2D eigenvalue weighted by Crippen LogP contribution is 2.54. The zero-order valence-corrected chi connectivity index (χ0v) is 15.8. The van der Waals surface area contributed by atoms with Gasteiger partial charge >= 0.3 is 27.5 Å².